The van der Waals surface area contributed by atoms with E-state index < -0.39 is 29.7 Å². The van der Waals surface area contributed by atoms with Crippen molar-refractivity contribution in [1.29, 1.82) is 0 Å². The van der Waals surface area contributed by atoms with Gasteiger partial charge in [0, 0.05) is 5.69 Å². The number of ether oxygens (including phenoxy) is 1. The fraction of sp³-hybridized carbons (Fsp3) is 0.467. The fourth-order valence-electron chi connectivity index (χ4n) is 1.73. The molecule has 6 nitrogen and oxygen atoms in total. The van der Waals surface area contributed by atoms with Crippen LogP contribution in [0, 0.1) is 0 Å². The maximum absolute atomic E-state index is 11.7. The lowest BCUT2D eigenvalue weighted by Crippen LogP contribution is -2.52. The molecule has 21 heavy (non-hydrogen) atoms. The first-order valence-corrected chi connectivity index (χ1v) is 6.79. The van der Waals surface area contributed by atoms with Gasteiger partial charge in [-0.15, -0.1) is 0 Å². The van der Waals surface area contributed by atoms with Crippen molar-refractivity contribution >= 4 is 17.7 Å². The molecule has 2 unspecified atom stereocenters. The summed E-state index contributed by atoms with van der Waals surface area (Å²) < 4.78 is 5.16. The number of carbonyl (C=O) groups excluding carboxylic acids is 2. The number of carbonyl (C=O) groups is 2. The van der Waals surface area contributed by atoms with Crippen LogP contribution in [0.1, 0.15) is 27.7 Å². The maximum Gasteiger partial charge on any atom is 0.407 e. The molecule has 4 N–H and O–H groups in total. The lowest BCUT2D eigenvalue weighted by molar-refractivity contribution is -0.119. The van der Waals surface area contributed by atoms with Gasteiger partial charge >= 0.3 is 6.09 Å². The molecule has 1 aromatic rings. The predicted octanol–water partition coefficient (Wildman–Crippen LogP) is 1.87. The Bertz CT molecular complexity index is 483. The quantitative estimate of drug-likeness (QED) is 0.772. The maximum atomic E-state index is 11.7. The van der Waals surface area contributed by atoms with E-state index in [-0.39, 0.29) is 0 Å². The van der Waals surface area contributed by atoms with Gasteiger partial charge in [-0.1, -0.05) is 18.2 Å². The molecule has 0 aromatic heterocycles. The molecule has 2 atom stereocenters. The molecule has 0 aliphatic heterocycles. The number of hydrogen-bond donors (Lipinski definition) is 3. The third-order valence-electron chi connectivity index (χ3n) is 2.65. The molecule has 0 bridgehead atoms. The Morgan fingerprint density at radius 3 is 2.24 bits per heavy atom. The molecular weight excluding hydrogens is 270 g/mol. The first-order valence-electron chi connectivity index (χ1n) is 6.79. The van der Waals surface area contributed by atoms with Gasteiger partial charge in [-0.25, -0.2) is 4.79 Å². The van der Waals surface area contributed by atoms with E-state index in [0.717, 1.165) is 5.69 Å². The van der Waals surface area contributed by atoms with Gasteiger partial charge in [-0.05, 0) is 39.8 Å². The fourth-order valence-corrected chi connectivity index (χ4v) is 1.73. The predicted molar refractivity (Wildman–Crippen MR) is 81.9 cm³/mol. The van der Waals surface area contributed by atoms with Crippen LogP contribution in [0.4, 0.5) is 10.5 Å². The molecule has 0 fully saturated rings. The summed E-state index contributed by atoms with van der Waals surface area (Å²) in [6.45, 7) is 7.00. The van der Waals surface area contributed by atoms with Gasteiger partial charge < -0.3 is 21.1 Å². The molecule has 0 heterocycles. The molecule has 0 aliphatic rings. The second-order valence-electron chi connectivity index (χ2n) is 5.83. The minimum Gasteiger partial charge on any atom is -0.444 e. The minimum absolute atomic E-state index is 0.516. The standard InChI is InChI=1S/C15H23N3O3/c1-10(17-14(20)21-15(2,3)4)12(13(16)19)18-11-8-6-5-7-9-11/h5-10,12,18H,1-4H3,(H2,16,19)(H,17,20). The first kappa shape index (κ1) is 16.8. The molecule has 1 aromatic carbocycles. The second-order valence-corrected chi connectivity index (χ2v) is 5.83. The van der Waals surface area contributed by atoms with Crippen molar-refractivity contribution in [2.24, 2.45) is 5.73 Å². The van der Waals surface area contributed by atoms with Crippen LogP contribution in [0.5, 0.6) is 0 Å². The van der Waals surface area contributed by atoms with Gasteiger partial charge in [0.05, 0.1) is 6.04 Å². The van der Waals surface area contributed by atoms with Crippen molar-refractivity contribution in [2.75, 3.05) is 5.32 Å². The average Bonchev–Trinajstić information content (AvgIpc) is 2.34. The zero-order valence-electron chi connectivity index (χ0n) is 12.8. The third kappa shape index (κ3) is 6.16. The van der Waals surface area contributed by atoms with Gasteiger partial charge in [0.2, 0.25) is 5.91 Å². The van der Waals surface area contributed by atoms with Crippen molar-refractivity contribution in [3.8, 4) is 0 Å². The number of alkyl carbamates (subject to hydrolysis) is 1. The van der Waals surface area contributed by atoms with Crippen LogP contribution >= 0.6 is 0 Å². The summed E-state index contributed by atoms with van der Waals surface area (Å²) in [5.41, 5.74) is 5.55. The van der Waals surface area contributed by atoms with E-state index in [1.54, 1.807) is 27.7 Å². The first-order chi connectivity index (χ1) is 9.69. The number of hydrogen-bond acceptors (Lipinski definition) is 4. The Morgan fingerprint density at radius 1 is 1.19 bits per heavy atom. The Hall–Kier alpha value is -2.24. The zero-order valence-corrected chi connectivity index (χ0v) is 12.8. The average molecular weight is 293 g/mol. The molecule has 1 rings (SSSR count). The van der Waals surface area contributed by atoms with Gasteiger partial charge in [0.1, 0.15) is 11.6 Å². The summed E-state index contributed by atoms with van der Waals surface area (Å²) >= 11 is 0. The largest absolute Gasteiger partial charge is 0.444 e. The van der Waals surface area contributed by atoms with Gasteiger partial charge in [0.15, 0.2) is 0 Å². The normalized spacial score (nSPS) is 13.9. The highest BCUT2D eigenvalue weighted by molar-refractivity contribution is 5.84. The number of nitrogens with one attached hydrogen (secondary N) is 2. The Kier molecular flexibility index (Phi) is 5.58. The van der Waals surface area contributed by atoms with E-state index in [2.05, 4.69) is 10.6 Å². The number of amides is 2. The topological polar surface area (TPSA) is 93.4 Å². The molecule has 0 aliphatic carbocycles. The molecule has 0 spiro atoms. The molecule has 6 heteroatoms. The smallest absolute Gasteiger partial charge is 0.407 e. The summed E-state index contributed by atoms with van der Waals surface area (Å²) in [5.74, 6) is -0.553. The monoisotopic (exact) mass is 293 g/mol. The minimum atomic E-state index is -0.736. The highest BCUT2D eigenvalue weighted by atomic mass is 16.6. The number of benzene rings is 1. The SMILES string of the molecule is CC(NC(=O)OC(C)(C)C)C(Nc1ccccc1)C(N)=O. The molecule has 2 amide bonds. The van der Waals surface area contributed by atoms with Crippen molar-refractivity contribution in [1.82, 2.24) is 5.32 Å². The van der Waals surface area contributed by atoms with E-state index in [4.69, 9.17) is 10.5 Å². The third-order valence-corrected chi connectivity index (χ3v) is 2.65. The van der Waals surface area contributed by atoms with Crippen LogP contribution in [0.2, 0.25) is 0 Å². The summed E-state index contributed by atoms with van der Waals surface area (Å²) in [6, 6.07) is 7.93. The molecule has 0 saturated carbocycles. The van der Waals surface area contributed by atoms with Crippen LogP contribution in [0.3, 0.4) is 0 Å². The summed E-state index contributed by atoms with van der Waals surface area (Å²) in [5, 5.41) is 5.62. The molecule has 0 saturated heterocycles. The van der Waals surface area contributed by atoms with Crippen LogP contribution < -0.4 is 16.4 Å². The lowest BCUT2D eigenvalue weighted by atomic mass is 10.1. The van der Waals surface area contributed by atoms with E-state index >= 15 is 0 Å². The van der Waals surface area contributed by atoms with E-state index in [9.17, 15) is 9.59 Å². The molecular formula is C15H23N3O3. The van der Waals surface area contributed by atoms with Crippen LogP contribution in [0.15, 0.2) is 30.3 Å². The lowest BCUT2D eigenvalue weighted by Gasteiger charge is -2.26. The van der Waals surface area contributed by atoms with Crippen molar-refractivity contribution in [2.45, 2.75) is 45.4 Å². The highest BCUT2D eigenvalue weighted by Crippen LogP contribution is 2.10. The Labute approximate surface area is 125 Å². The number of para-hydroxylation sites is 1. The number of primary amides is 1. The highest BCUT2D eigenvalue weighted by Gasteiger charge is 2.26. The number of rotatable bonds is 5. The Morgan fingerprint density at radius 2 is 1.76 bits per heavy atom. The Balaban J connectivity index is 2.68. The number of nitrogens with two attached hydrogens (primary N) is 1. The van der Waals surface area contributed by atoms with E-state index in [1.165, 1.54) is 0 Å². The van der Waals surface area contributed by atoms with Crippen LogP contribution in [0.25, 0.3) is 0 Å². The second kappa shape index (κ2) is 6.97. The van der Waals surface area contributed by atoms with Crippen molar-refractivity contribution in [3.05, 3.63) is 30.3 Å². The summed E-state index contributed by atoms with van der Waals surface area (Å²) in [4.78, 5) is 23.3. The van der Waals surface area contributed by atoms with Crippen LogP contribution in [-0.2, 0) is 9.53 Å². The van der Waals surface area contributed by atoms with Gasteiger partial charge in [0.25, 0.3) is 0 Å². The van der Waals surface area contributed by atoms with E-state index in [1.807, 2.05) is 30.3 Å². The summed E-state index contributed by atoms with van der Waals surface area (Å²) in [6.07, 6.45) is -0.587. The van der Waals surface area contributed by atoms with Crippen molar-refractivity contribution in [3.63, 3.8) is 0 Å². The van der Waals surface area contributed by atoms with Gasteiger partial charge in [-0.2, -0.15) is 0 Å². The van der Waals surface area contributed by atoms with Crippen molar-refractivity contribution < 1.29 is 14.3 Å². The van der Waals surface area contributed by atoms with Gasteiger partial charge in [-0.3, -0.25) is 4.79 Å². The summed E-state index contributed by atoms with van der Waals surface area (Å²) in [7, 11) is 0. The van der Waals surface area contributed by atoms with Crippen LogP contribution in [-0.4, -0.2) is 29.7 Å². The zero-order chi connectivity index (χ0) is 16.0. The van der Waals surface area contributed by atoms with E-state index in [0.29, 0.717) is 0 Å². The number of anilines is 1. The molecule has 0 radical (unpaired) electrons. The molecule has 116 valence electrons.